The van der Waals surface area contributed by atoms with Crippen molar-refractivity contribution in [1.82, 2.24) is 19.7 Å². The number of carbonyl (C=O) groups excluding carboxylic acids is 1. The molecular weight excluding hydrogens is 242 g/mol. The van der Waals surface area contributed by atoms with Crippen molar-refractivity contribution in [2.24, 2.45) is 0 Å². The molecule has 6 heteroatoms. The maximum absolute atomic E-state index is 11.9. The van der Waals surface area contributed by atoms with Crippen molar-refractivity contribution in [1.29, 1.82) is 0 Å². The minimum absolute atomic E-state index is 0.0871. The van der Waals surface area contributed by atoms with Gasteiger partial charge in [0.05, 0.1) is 0 Å². The number of carbonyl (C=O) groups is 1. The van der Waals surface area contributed by atoms with E-state index in [-0.39, 0.29) is 11.9 Å². The highest BCUT2D eigenvalue weighted by Crippen LogP contribution is 2.23. The van der Waals surface area contributed by atoms with Gasteiger partial charge in [-0.05, 0) is 18.6 Å². The van der Waals surface area contributed by atoms with E-state index in [1.54, 1.807) is 23.0 Å². The molecule has 2 N–H and O–H groups in total. The van der Waals surface area contributed by atoms with Crippen molar-refractivity contribution >= 4 is 11.6 Å². The predicted molar refractivity (Wildman–Crippen MR) is 71.2 cm³/mol. The van der Waals surface area contributed by atoms with Crippen LogP contribution in [0.1, 0.15) is 12.5 Å². The highest BCUT2D eigenvalue weighted by molar-refractivity contribution is 5.82. The fourth-order valence-corrected chi connectivity index (χ4v) is 2.28. The van der Waals surface area contributed by atoms with Crippen LogP contribution in [-0.2, 0) is 4.79 Å². The van der Waals surface area contributed by atoms with E-state index in [0.29, 0.717) is 11.5 Å². The molecule has 1 saturated heterocycles. The molecule has 3 rings (SSSR count). The molecule has 1 unspecified atom stereocenters. The molecule has 1 aliphatic rings. The van der Waals surface area contributed by atoms with Gasteiger partial charge in [-0.3, -0.25) is 4.79 Å². The SMILES string of the molecule is CN1CCC(n2cnc(-c3cccc(N)c3)n2)C1=O. The van der Waals surface area contributed by atoms with E-state index in [1.165, 1.54) is 0 Å². The lowest BCUT2D eigenvalue weighted by atomic mass is 10.2. The number of nitrogens with zero attached hydrogens (tertiary/aromatic N) is 4. The third kappa shape index (κ3) is 2.05. The van der Waals surface area contributed by atoms with E-state index in [0.717, 1.165) is 18.5 Å². The van der Waals surface area contributed by atoms with Gasteiger partial charge in [-0.25, -0.2) is 9.67 Å². The molecule has 0 saturated carbocycles. The minimum atomic E-state index is -0.229. The molecule has 1 amide bonds. The molecule has 2 heterocycles. The van der Waals surface area contributed by atoms with Crippen LogP contribution in [0.25, 0.3) is 11.4 Å². The third-order valence-electron chi connectivity index (χ3n) is 3.37. The smallest absolute Gasteiger partial charge is 0.247 e. The lowest BCUT2D eigenvalue weighted by Gasteiger charge is -2.09. The molecule has 1 atom stereocenters. The first-order valence-corrected chi connectivity index (χ1v) is 6.17. The van der Waals surface area contributed by atoms with Crippen LogP contribution in [0.5, 0.6) is 0 Å². The average Bonchev–Trinajstić information content (AvgIpc) is 2.98. The number of anilines is 1. The first-order chi connectivity index (χ1) is 9.15. The number of nitrogen functional groups attached to an aromatic ring is 1. The van der Waals surface area contributed by atoms with Gasteiger partial charge in [0.15, 0.2) is 5.82 Å². The zero-order valence-electron chi connectivity index (χ0n) is 10.7. The fraction of sp³-hybridized carbons (Fsp3) is 0.308. The highest BCUT2D eigenvalue weighted by Gasteiger charge is 2.31. The van der Waals surface area contributed by atoms with E-state index in [9.17, 15) is 4.79 Å². The van der Waals surface area contributed by atoms with E-state index < -0.39 is 0 Å². The normalized spacial score (nSPS) is 19.1. The molecular formula is C13H15N5O. The summed E-state index contributed by atoms with van der Waals surface area (Å²) >= 11 is 0. The number of hydrogen-bond acceptors (Lipinski definition) is 4. The first-order valence-electron chi connectivity index (χ1n) is 6.17. The second kappa shape index (κ2) is 4.38. The zero-order valence-corrected chi connectivity index (χ0v) is 10.7. The Morgan fingerprint density at radius 1 is 1.42 bits per heavy atom. The number of benzene rings is 1. The quantitative estimate of drug-likeness (QED) is 0.812. The molecule has 0 aliphatic carbocycles. The van der Waals surface area contributed by atoms with Crippen LogP contribution in [0.2, 0.25) is 0 Å². The Morgan fingerprint density at radius 2 is 2.26 bits per heavy atom. The summed E-state index contributed by atoms with van der Waals surface area (Å²) in [5.41, 5.74) is 7.27. The Bertz CT molecular complexity index is 621. The molecule has 98 valence electrons. The zero-order chi connectivity index (χ0) is 13.4. The number of aromatic nitrogens is 3. The predicted octanol–water partition coefficient (Wildman–Crippen LogP) is 0.930. The van der Waals surface area contributed by atoms with Crippen LogP contribution in [0.4, 0.5) is 5.69 Å². The van der Waals surface area contributed by atoms with Crippen LogP contribution in [0, 0.1) is 0 Å². The summed E-state index contributed by atoms with van der Waals surface area (Å²) in [4.78, 5) is 17.9. The van der Waals surface area contributed by atoms with Crippen LogP contribution in [-0.4, -0.2) is 39.2 Å². The second-order valence-electron chi connectivity index (χ2n) is 4.74. The van der Waals surface area contributed by atoms with Crippen molar-refractivity contribution < 1.29 is 4.79 Å². The van der Waals surface area contributed by atoms with E-state index in [1.807, 2.05) is 24.3 Å². The molecule has 1 aromatic heterocycles. The van der Waals surface area contributed by atoms with Crippen molar-refractivity contribution in [3.63, 3.8) is 0 Å². The summed E-state index contributed by atoms with van der Waals surface area (Å²) in [5.74, 6) is 0.679. The van der Waals surface area contributed by atoms with Gasteiger partial charge in [-0.15, -0.1) is 0 Å². The second-order valence-corrected chi connectivity index (χ2v) is 4.74. The molecule has 1 aliphatic heterocycles. The summed E-state index contributed by atoms with van der Waals surface area (Å²) in [6, 6.07) is 7.17. The number of nitrogens with two attached hydrogens (primary N) is 1. The van der Waals surface area contributed by atoms with Crippen LogP contribution < -0.4 is 5.73 Å². The van der Waals surface area contributed by atoms with Gasteiger partial charge in [0.25, 0.3) is 0 Å². The molecule has 1 fully saturated rings. The van der Waals surface area contributed by atoms with Gasteiger partial charge in [0.2, 0.25) is 5.91 Å². The molecule has 1 aromatic carbocycles. The number of likely N-dealkylation sites (tertiary alicyclic amines) is 1. The largest absolute Gasteiger partial charge is 0.399 e. The Labute approximate surface area is 110 Å². The molecule has 0 bridgehead atoms. The molecule has 19 heavy (non-hydrogen) atoms. The van der Waals surface area contributed by atoms with Crippen LogP contribution in [0.15, 0.2) is 30.6 Å². The molecule has 0 spiro atoms. The van der Waals surface area contributed by atoms with Crippen molar-refractivity contribution in [3.05, 3.63) is 30.6 Å². The number of rotatable bonds is 2. The van der Waals surface area contributed by atoms with Crippen molar-refractivity contribution in [2.45, 2.75) is 12.5 Å². The fourth-order valence-electron chi connectivity index (χ4n) is 2.28. The lowest BCUT2D eigenvalue weighted by molar-refractivity contribution is -0.129. The number of hydrogen-bond donors (Lipinski definition) is 1. The van der Waals surface area contributed by atoms with Crippen molar-refractivity contribution in [3.8, 4) is 11.4 Å². The summed E-state index contributed by atoms with van der Waals surface area (Å²) in [6.07, 6.45) is 2.38. The third-order valence-corrected chi connectivity index (χ3v) is 3.37. The van der Waals surface area contributed by atoms with Gasteiger partial charge in [0.1, 0.15) is 12.4 Å². The number of amides is 1. The van der Waals surface area contributed by atoms with Gasteiger partial charge in [0, 0.05) is 24.8 Å². The standard InChI is InChI=1S/C13H15N5O/c1-17-6-5-11(13(17)19)18-8-15-12(16-18)9-3-2-4-10(14)7-9/h2-4,7-8,11H,5-6,14H2,1H3. The molecule has 6 nitrogen and oxygen atoms in total. The average molecular weight is 257 g/mol. The van der Waals surface area contributed by atoms with Crippen LogP contribution >= 0.6 is 0 Å². The Hall–Kier alpha value is -2.37. The van der Waals surface area contributed by atoms with Gasteiger partial charge in [-0.1, -0.05) is 12.1 Å². The summed E-state index contributed by atoms with van der Waals surface area (Å²) in [5, 5.41) is 4.39. The first kappa shape index (κ1) is 11.7. The summed E-state index contributed by atoms with van der Waals surface area (Å²) in [6.45, 7) is 0.761. The summed E-state index contributed by atoms with van der Waals surface area (Å²) in [7, 11) is 1.80. The molecule has 2 aromatic rings. The van der Waals surface area contributed by atoms with E-state index >= 15 is 0 Å². The number of likely N-dealkylation sites (N-methyl/N-ethyl adjacent to an activating group) is 1. The van der Waals surface area contributed by atoms with Gasteiger partial charge >= 0.3 is 0 Å². The Balaban J connectivity index is 1.90. The minimum Gasteiger partial charge on any atom is -0.399 e. The Kier molecular flexibility index (Phi) is 2.70. The van der Waals surface area contributed by atoms with Gasteiger partial charge < -0.3 is 10.6 Å². The molecule has 0 radical (unpaired) electrons. The van der Waals surface area contributed by atoms with E-state index in [4.69, 9.17) is 5.73 Å². The highest BCUT2D eigenvalue weighted by atomic mass is 16.2. The maximum atomic E-state index is 11.9. The topological polar surface area (TPSA) is 77.0 Å². The van der Waals surface area contributed by atoms with Crippen molar-refractivity contribution in [2.75, 3.05) is 19.3 Å². The summed E-state index contributed by atoms with van der Waals surface area (Å²) < 4.78 is 1.64. The monoisotopic (exact) mass is 257 g/mol. The van der Waals surface area contributed by atoms with Gasteiger partial charge in [-0.2, -0.15) is 5.10 Å². The van der Waals surface area contributed by atoms with Crippen LogP contribution in [0.3, 0.4) is 0 Å². The van der Waals surface area contributed by atoms with E-state index in [2.05, 4.69) is 10.1 Å². The lowest BCUT2D eigenvalue weighted by Crippen LogP contribution is -2.24. The Morgan fingerprint density at radius 3 is 2.95 bits per heavy atom. The maximum Gasteiger partial charge on any atom is 0.247 e.